The van der Waals surface area contributed by atoms with E-state index < -0.39 is 0 Å². The van der Waals surface area contributed by atoms with Crippen LogP contribution in [0.15, 0.2) is 60.7 Å². The summed E-state index contributed by atoms with van der Waals surface area (Å²) < 4.78 is 16.8. The van der Waals surface area contributed by atoms with Gasteiger partial charge in [0.2, 0.25) is 0 Å². The van der Waals surface area contributed by atoms with Gasteiger partial charge >= 0.3 is 5.97 Å². The smallest absolute Gasteiger partial charge is 0.308 e. The molecule has 1 unspecified atom stereocenters. The van der Waals surface area contributed by atoms with E-state index in [2.05, 4.69) is 6.07 Å². The predicted octanol–water partition coefficient (Wildman–Crippen LogP) is 5.53. The second-order valence-electron chi connectivity index (χ2n) is 6.39. The van der Waals surface area contributed by atoms with Crippen molar-refractivity contribution in [2.75, 3.05) is 13.2 Å². The Morgan fingerprint density at radius 1 is 0.966 bits per heavy atom. The molecule has 0 fully saturated rings. The fourth-order valence-corrected chi connectivity index (χ4v) is 3.18. The van der Waals surface area contributed by atoms with Gasteiger partial charge in [0.1, 0.15) is 11.5 Å². The second kappa shape index (κ2) is 9.72. The van der Waals surface area contributed by atoms with Gasteiger partial charge in [-0.1, -0.05) is 36.4 Å². The van der Waals surface area contributed by atoms with Crippen LogP contribution in [0.5, 0.6) is 11.5 Å². The zero-order valence-corrected chi connectivity index (χ0v) is 16.6. The number of nitrogens with zero attached hydrogens (tertiary/aromatic N) is 1. The first-order chi connectivity index (χ1) is 14.2. The van der Waals surface area contributed by atoms with Crippen LogP contribution < -0.4 is 4.74 Å². The van der Waals surface area contributed by atoms with Crippen molar-refractivity contribution in [3.05, 3.63) is 71.8 Å². The van der Waals surface area contributed by atoms with Crippen molar-refractivity contribution in [1.82, 2.24) is 0 Å². The standard InChI is InChI=1S/C24H23NO4/c1-3-27-23(15-24(26)28-4-2)17-9-12-19(13-10-17)29-22-14-11-18(16-25)20-7-5-6-8-21(20)22/h5-14,23H,3-4,15H2,1-2H3. The largest absolute Gasteiger partial charge is 0.466 e. The van der Waals surface area contributed by atoms with Crippen LogP contribution in [0.1, 0.15) is 37.5 Å². The summed E-state index contributed by atoms with van der Waals surface area (Å²) in [5, 5.41) is 11.0. The molecule has 0 aliphatic heterocycles. The van der Waals surface area contributed by atoms with Crippen LogP contribution in [-0.2, 0) is 14.3 Å². The number of carbonyl (C=O) groups excluding carboxylic acids is 1. The highest BCUT2D eigenvalue weighted by Gasteiger charge is 2.17. The number of nitriles is 1. The average Bonchev–Trinajstić information content (AvgIpc) is 2.74. The summed E-state index contributed by atoms with van der Waals surface area (Å²) in [6.45, 7) is 4.53. The van der Waals surface area contributed by atoms with E-state index in [0.717, 1.165) is 16.3 Å². The Hall–Kier alpha value is -3.36. The normalized spacial score (nSPS) is 11.6. The summed E-state index contributed by atoms with van der Waals surface area (Å²) in [4.78, 5) is 11.8. The van der Waals surface area contributed by atoms with E-state index in [0.29, 0.717) is 30.3 Å². The minimum atomic E-state index is -0.358. The van der Waals surface area contributed by atoms with Gasteiger partial charge in [0.15, 0.2) is 0 Å². The van der Waals surface area contributed by atoms with Crippen LogP contribution in [0.3, 0.4) is 0 Å². The second-order valence-corrected chi connectivity index (χ2v) is 6.39. The van der Waals surface area contributed by atoms with Gasteiger partial charge in [0.25, 0.3) is 0 Å². The van der Waals surface area contributed by atoms with Crippen LogP contribution in [-0.4, -0.2) is 19.2 Å². The third-order valence-corrected chi connectivity index (χ3v) is 4.51. The molecular weight excluding hydrogens is 366 g/mol. The van der Waals surface area contributed by atoms with Gasteiger partial charge in [-0.3, -0.25) is 4.79 Å². The van der Waals surface area contributed by atoms with Crippen molar-refractivity contribution in [3.63, 3.8) is 0 Å². The van der Waals surface area contributed by atoms with Crippen molar-refractivity contribution in [3.8, 4) is 17.6 Å². The number of rotatable bonds is 8. The van der Waals surface area contributed by atoms with E-state index in [4.69, 9.17) is 14.2 Å². The maximum atomic E-state index is 11.8. The lowest BCUT2D eigenvalue weighted by Crippen LogP contribution is -2.13. The molecular formula is C24H23NO4. The molecule has 0 radical (unpaired) electrons. The number of hydrogen-bond donors (Lipinski definition) is 0. The molecule has 0 spiro atoms. The molecule has 0 saturated carbocycles. The average molecular weight is 389 g/mol. The maximum Gasteiger partial charge on any atom is 0.308 e. The lowest BCUT2D eigenvalue weighted by Gasteiger charge is -2.17. The highest BCUT2D eigenvalue weighted by Crippen LogP contribution is 2.33. The fourth-order valence-electron chi connectivity index (χ4n) is 3.18. The number of ether oxygens (including phenoxy) is 3. The van der Waals surface area contributed by atoms with E-state index in [1.165, 1.54) is 0 Å². The van der Waals surface area contributed by atoms with Gasteiger partial charge in [-0.15, -0.1) is 0 Å². The summed E-state index contributed by atoms with van der Waals surface area (Å²) in [7, 11) is 0. The van der Waals surface area contributed by atoms with E-state index in [9.17, 15) is 10.1 Å². The van der Waals surface area contributed by atoms with Gasteiger partial charge < -0.3 is 14.2 Å². The zero-order chi connectivity index (χ0) is 20.6. The molecule has 0 heterocycles. The molecule has 0 aliphatic rings. The monoisotopic (exact) mass is 389 g/mol. The Morgan fingerprint density at radius 2 is 1.69 bits per heavy atom. The molecule has 0 saturated heterocycles. The number of esters is 1. The van der Waals surface area contributed by atoms with E-state index in [1.54, 1.807) is 19.1 Å². The number of benzene rings is 3. The van der Waals surface area contributed by atoms with Gasteiger partial charge in [-0.05, 0) is 43.7 Å². The molecule has 5 heteroatoms. The summed E-state index contributed by atoms with van der Waals surface area (Å²) in [6, 6.07) is 20.9. The zero-order valence-electron chi connectivity index (χ0n) is 16.6. The summed E-state index contributed by atoms with van der Waals surface area (Å²) in [6.07, 6.45) is -0.189. The Labute approximate surface area is 170 Å². The first kappa shape index (κ1) is 20.4. The van der Waals surface area contributed by atoms with E-state index >= 15 is 0 Å². The molecule has 0 aromatic heterocycles. The summed E-state index contributed by atoms with van der Waals surface area (Å²) in [5.41, 5.74) is 1.50. The number of carbonyl (C=O) groups is 1. The predicted molar refractivity (Wildman–Crippen MR) is 111 cm³/mol. The number of hydrogen-bond acceptors (Lipinski definition) is 5. The molecule has 3 aromatic rings. The van der Waals surface area contributed by atoms with Crippen LogP contribution in [0.2, 0.25) is 0 Å². The molecule has 29 heavy (non-hydrogen) atoms. The Bertz CT molecular complexity index is 1020. The molecule has 3 rings (SSSR count). The van der Waals surface area contributed by atoms with Crippen molar-refractivity contribution in [1.29, 1.82) is 5.26 Å². The molecule has 0 aliphatic carbocycles. The van der Waals surface area contributed by atoms with Gasteiger partial charge in [0.05, 0.1) is 30.8 Å². The summed E-state index contributed by atoms with van der Waals surface area (Å²) >= 11 is 0. The molecule has 1 atom stereocenters. The van der Waals surface area contributed by atoms with Crippen molar-refractivity contribution < 1.29 is 19.0 Å². The quantitative estimate of drug-likeness (QED) is 0.474. The van der Waals surface area contributed by atoms with Crippen molar-refractivity contribution >= 4 is 16.7 Å². The van der Waals surface area contributed by atoms with Crippen LogP contribution >= 0.6 is 0 Å². The minimum Gasteiger partial charge on any atom is -0.466 e. The molecule has 3 aromatic carbocycles. The third-order valence-electron chi connectivity index (χ3n) is 4.51. The fraction of sp³-hybridized carbons (Fsp3) is 0.250. The molecule has 0 bridgehead atoms. The summed E-state index contributed by atoms with van der Waals surface area (Å²) in [5.74, 6) is 1.06. The molecule has 148 valence electrons. The Morgan fingerprint density at radius 3 is 2.34 bits per heavy atom. The highest BCUT2D eigenvalue weighted by molar-refractivity contribution is 5.92. The first-order valence-electron chi connectivity index (χ1n) is 9.63. The lowest BCUT2D eigenvalue weighted by atomic mass is 10.0. The third kappa shape index (κ3) is 4.92. The number of fused-ring (bicyclic) bond motifs is 1. The van der Waals surface area contributed by atoms with Gasteiger partial charge in [0, 0.05) is 17.4 Å². The Balaban J connectivity index is 1.81. The molecule has 0 N–H and O–H groups in total. The van der Waals surface area contributed by atoms with Crippen LogP contribution in [0, 0.1) is 11.3 Å². The highest BCUT2D eigenvalue weighted by atomic mass is 16.5. The molecule has 0 amide bonds. The van der Waals surface area contributed by atoms with E-state index in [-0.39, 0.29) is 18.5 Å². The lowest BCUT2D eigenvalue weighted by molar-refractivity contribution is -0.146. The maximum absolute atomic E-state index is 11.8. The SMILES string of the molecule is CCOC(=O)CC(OCC)c1ccc(Oc2ccc(C#N)c3ccccc23)cc1. The minimum absolute atomic E-state index is 0.169. The van der Waals surface area contributed by atoms with Gasteiger partial charge in [-0.2, -0.15) is 5.26 Å². The van der Waals surface area contributed by atoms with E-state index in [1.807, 2.05) is 55.5 Å². The van der Waals surface area contributed by atoms with Crippen molar-refractivity contribution in [2.24, 2.45) is 0 Å². The van der Waals surface area contributed by atoms with Crippen LogP contribution in [0.25, 0.3) is 10.8 Å². The molecule has 5 nitrogen and oxygen atoms in total. The van der Waals surface area contributed by atoms with Crippen molar-refractivity contribution in [2.45, 2.75) is 26.4 Å². The van der Waals surface area contributed by atoms with Crippen LogP contribution in [0.4, 0.5) is 0 Å². The van der Waals surface area contributed by atoms with Gasteiger partial charge in [-0.25, -0.2) is 0 Å². The Kier molecular flexibility index (Phi) is 6.83. The first-order valence-corrected chi connectivity index (χ1v) is 9.63. The topological polar surface area (TPSA) is 68.6 Å².